The zero-order valence-electron chi connectivity index (χ0n) is 6.25. The quantitative estimate of drug-likeness (QED) is 0.462. The summed E-state index contributed by atoms with van der Waals surface area (Å²) in [5, 5.41) is 0. The van der Waals surface area contributed by atoms with Crippen LogP contribution in [0.15, 0.2) is 0 Å². The minimum atomic E-state index is -4.64. The van der Waals surface area contributed by atoms with Crippen molar-refractivity contribution in [2.24, 2.45) is 0 Å². The Hall–Kier alpha value is 0.0600. The predicted molar refractivity (Wildman–Crippen MR) is 42.2 cm³/mol. The Bertz CT molecular complexity index is 243. The van der Waals surface area contributed by atoms with Gasteiger partial charge in [0.15, 0.2) is 0 Å². The Labute approximate surface area is 70.4 Å². The molecule has 0 amide bonds. The van der Waals surface area contributed by atoms with Crippen LogP contribution in [0.2, 0.25) is 0 Å². The fraction of sp³-hybridized carbons (Fsp3) is 1.00. The van der Waals surface area contributed by atoms with E-state index in [0.29, 0.717) is 11.5 Å². The van der Waals surface area contributed by atoms with Gasteiger partial charge in [0.2, 0.25) is 0 Å². The maximum atomic E-state index is 10.4. The van der Waals surface area contributed by atoms with Crippen molar-refractivity contribution in [3.05, 3.63) is 0 Å². The highest BCUT2D eigenvalue weighted by molar-refractivity contribution is 7.91. The van der Waals surface area contributed by atoms with E-state index in [1.165, 1.54) is 0 Å². The van der Waals surface area contributed by atoms with E-state index < -0.39 is 17.7 Å². The van der Waals surface area contributed by atoms with Crippen LogP contribution in [0.25, 0.3) is 0 Å². The average molecular weight is 218 g/mol. The highest BCUT2D eigenvalue weighted by Crippen LogP contribution is 2.25. The molecule has 3 N–H and O–H groups in total. The van der Waals surface area contributed by atoms with Gasteiger partial charge in [0.25, 0.3) is 0 Å². The Kier molecular flexibility index (Phi) is 4.36. The lowest BCUT2D eigenvalue weighted by molar-refractivity contribution is 0.275. The van der Waals surface area contributed by atoms with Gasteiger partial charge in [-0.25, -0.2) is 13.0 Å². The number of hydrogen-bond donors (Lipinski definition) is 3. The lowest BCUT2D eigenvalue weighted by atomic mass is 10.4. The fourth-order valence-electron chi connectivity index (χ4n) is 0.746. The molecule has 1 saturated heterocycles. The van der Waals surface area contributed by atoms with Crippen LogP contribution >= 0.6 is 7.82 Å². The van der Waals surface area contributed by atoms with Crippen LogP contribution in [0, 0.1) is 0 Å². The molecule has 0 bridgehead atoms. The summed E-state index contributed by atoms with van der Waals surface area (Å²) < 4.78 is 29.7. The summed E-state index contributed by atoms with van der Waals surface area (Å²) in [6, 6.07) is 0. The van der Waals surface area contributed by atoms with E-state index in [1.54, 1.807) is 0 Å². The molecule has 0 spiro atoms. The van der Waals surface area contributed by atoms with Crippen molar-refractivity contribution in [1.82, 2.24) is 0 Å². The third-order valence-corrected chi connectivity index (χ3v) is 2.98. The first-order valence-electron chi connectivity index (χ1n) is 3.19. The van der Waals surface area contributed by atoms with E-state index in [0.717, 1.165) is 12.8 Å². The zero-order valence-corrected chi connectivity index (χ0v) is 7.96. The Morgan fingerprint density at radius 3 is 1.33 bits per heavy atom. The van der Waals surface area contributed by atoms with Crippen molar-refractivity contribution in [3.63, 3.8) is 0 Å². The Morgan fingerprint density at radius 2 is 1.25 bits per heavy atom. The Balaban J connectivity index is 0.000000217. The normalized spacial score (nSPS) is 21.2. The van der Waals surface area contributed by atoms with Crippen LogP contribution in [-0.2, 0) is 14.4 Å². The van der Waals surface area contributed by atoms with Crippen LogP contribution < -0.4 is 0 Å². The highest BCUT2D eigenvalue weighted by Gasteiger charge is 2.16. The molecule has 1 heterocycles. The molecule has 0 aromatic carbocycles. The summed E-state index contributed by atoms with van der Waals surface area (Å²) in [4.78, 5) is 21.6. The van der Waals surface area contributed by atoms with Crippen molar-refractivity contribution in [1.29, 1.82) is 0 Å². The van der Waals surface area contributed by atoms with Crippen LogP contribution in [0.3, 0.4) is 0 Å². The summed E-state index contributed by atoms with van der Waals surface area (Å²) >= 11 is 0. The maximum absolute atomic E-state index is 10.4. The molecule has 1 fully saturated rings. The van der Waals surface area contributed by atoms with Gasteiger partial charge in [-0.2, -0.15) is 0 Å². The molecular formula is C4H11O6PS. The molecule has 0 atom stereocenters. The predicted octanol–water partition coefficient (Wildman–Crippen LogP) is -0.734. The molecule has 12 heavy (non-hydrogen) atoms. The van der Waals surface area contributed by atoms with Crippen LogP contribution in [0.4, 0.5) is 0 Å². The van der Waals surface area contributed by atoms with Gasteiger partial charge in [0, 0.05) is 0 Å². The van der Waals surface area contributed by atoms with Crippen molar-refractivity contribution in [2.75, 3.05) is 11.5 Å². The summed E-state index contributed by atoms with van der Waals surface area (Å²) in [5.41, 5.74) is 0. The molecule has 1 aliphatic heterocycles. The first-order valence-corrected chi connectivity index (χ1v) is 6.58. The van der Waals surface area contributed by atoms with Crippen LogP contribution in [0.5, 0.6) is 0 Å². The smallest absolute Gasteiger partial charge is 0.303 e. The second-order valence-corrected chi connectivity index (χ2v) is 5.70. The van der Waals surface area contributed by atoms with E-state index in [1.807, 2.05) is 0 Å². The summed E-state index contributed by atoms with van der Waals surface area (Å²) in [7, 11) is -7.19. The summed E-state index contributed by atoms with van der Waals surface area (Å²) in [6.45, 7) is 0. The monoisotopic (exact) mass is 218 g/mol. The Morgan fingerprint density at radius 1 is 1.00 bits per heavy atom. The third kappa shape index (κ3) is 10.1. The third-order valence-electron chi connectivity index (χ3n) is 1.16. The summed E-state index contributed by atoms with van der Waals surface area (Å²) in [6.07, 6.45) is 1.75. The molecule has 0 radical (unpaired) electrons. The number of hydrogen-bond acceptors (Lipinski definition) is 3. The average Bonchev–Trinajstić information content (AvgIpc) is 2.08. The van der Waals surface area contributed by atoms with E-state index in [2.05, 4.69) is 0 Å². The van der Waals surface area contributed by atoms with Crippen molar-refractivity contribution >= 4 is 17.7 Å². The van der Waals surface area contributed by atoms with Gasteiger partial charge >= 0.3 is 7.82 Å². The van der Waals surface area contributed by atoms with E-state index in [4.69, 9.17) is 19.2 Å². The first kappa shape index (κ1) is 12.1. The molecular weight excluding hydrogens is 207 g/mol. The van der Waals surface area contributed by atoms with Crippen molar-refractivity contribution < 1.29 is 27.7 Å². The first-order chi connectivity index (χ1) is 5.21. The second-order valence-electron chi connectivity index (χ2n) is 2.37. The lowest BCUT2D eigenvalue weighted by Crippen LogP contribution is -1.98. The molecule has 6 nitrogen and oxygen atoms in total. The van der Waals surface area contributed by atoms with Gasteiger partial charge in [0.1, 0.15) is 9.84 Å². The number of phosphoric acid groups is 1. The van der Waals surface area contributed by atoms with Gasteiger partial charge in [-0.3, -0.25) is 0 Å². The molecule has 0 aromatic rings. The second kappa shape index (κ2) is 4.34. The van der Waals surface area contributed by atoms with E-state index in [-0.39, 0.29) is 0 Å². The van der Waals surface area contributed by atoms with E-state index in [9.17, 15) is 8.42 Å². The van der Waals surface area contributed by atoms with Gasteiger partial charge < -0.3 is 14.7 Å². The molecule has 1 rings (SSSR count). The highest BCUT2D eigenvalue weighted by atomic mass is 32.2. The molecule has 8 heteroatoms. The molecule has 1 aliphatic rings. The van der Waals surface area contributed by atoms with Crippen molar-refractivity contribution in [3.8, 4) is 0 Å². The maximum Gasteiger partial charge on any atom is 0.466 e. The largest absolute Gasteiger partial charge is 0.466 e. The standard InChI is InChI=1S/C4H8O2S.H3O4P/c5-7(6)3-1-2-4-7;1-5(2,3)4/h1-4H2;(H3,1,2,3,4). The van der Waals surface area contributed by atoms with Gasteiger partial charge in [-0.05, 0) is 12.8 Å². The lowest BCUT2D eigenvalue weighted by Gasteiger charge is -1.82. The van der Waals surface area contributed by atoms with Gasteiger partial charge in [-0.15, -0.1) is 0 Å². The minimum absolute atomic E-state index is 0.424. The van der Waals surface area contributed by atoms with Crippen LogP contribution in [0.1, 0.15) is 12.8 Å². The topological polar surface area (TPSA) is 112 Å². The molecule has 0 aliphatic carbocycles. The molecule has 0 saturated carbocycles. The number of sulfone groups is 1. The van der Waals surface area contributed by atoms with Gasteiger partial charge in [-0.1, -0.05) is 0 Å². The zero-order chi connectivity index (χ0) is 9.83. The molecule has 74 valence electrons. The van der Waals surface area contributed by atoms with Crippen LogP contribution in [-0.4, -0.2) is 34.6 Å². The fourth-order valence-corrected chi connectivity index (χ4v) is 2.24. The van der Waals surface area contributed by atoms with Gasteiger partial charge in [0.05, 0.1) is 11.5 Å². The number of rotatable bonds is 0. The van der Waals surface area contributed by atoms with E-state index >= 15 is 0 Å². The molecule has 0 aromatic heterocycles. The minimum Gasteiger partial charge on any atom is -0.303 e. The van der Waals surface area contributed by atoms with Crippen molar-refractivity contribution in [2.45, 2.75) is 12.8 Å². The SMILES string of the molecule is O=P(O)(O)O.O=S1(=O)CCCC1. The summed E-state index contributed by atoms with van der Waals surface area (Å²) in [5.74, 6) is 0.847. The molecule has 0 unspecified atom stereocenters.